The van der Waals surface area contributed by atoms with Gasteiger partial charge in [0.2, 0.25) is 0 Å². The van der Waals surface area contributed by atoms with Crippen molar-refractivity contribution in [2.75, 3.05) is 19.7 Å². The minimum atomic E-state index is 0.279. The van der Waals surface area contributed by atoms with Crippen LogP contribution in [-0.2, 0) is 0 Å². The molecule has 0 aromatic carbocycles. The molecule has 21 heavy (non-hydrogen) atoms. The molecule has 1 rings (SSSR count). The molecule has 0 radical (unpaired) electrons. The van der Waals surface area contributed by atoms with Crippen molar-refractivity contribution in [3.63, 3.8) is 0 Å². The van der Waals surface area contributed by atoms with Crippen molar-refractivity contribution < 1.29 is 4.74 Å². The topological polar surface area (TPSA) is 37.4 Å². The molecule has 4 nitrogen and oxygen atoms in total. The molecule has 4 heteroatoms. The minimum absolute atomic E-state index is 0.279. The molecule has 0 amide bonds. The summed E-state index contributed by atoms with van der Waals surface area (Å²) in [5.41, 5.74) is 1.05. The minimum Gasteiger partial charge on any atom is -0.491 e. The van der Waals surface area contributed by atoms with Gasteiger partial charge in [0, 0.05) is 24.7 Å². The van der Waals surface area contributed by atoms with Gasteiger partial charge in [0.1, 0.15) is 12.4 Å². The van der Waals surface area contributed by atoms with E-state index in [4.69, 9.17) is 4.74 Å². The third kappa shape index (κ3) is 6.02. The maximum Gasteiger partial charge on any atom is 0.137 e. The predicted octanol–water partition coefficient (Wildman–Crippen LogP) is 3.25. The van der Waals surface area contributed by atoms with Gasteiger partial charge in [-0.2, -0.15) is 0 Å². The van der Waals surface area contributed by atoms with E-state index in [0.29, 0.717) is 18.7 Å². The summed E-state index contributed by atoms with van der Waals surface area (Å²) in [6, 6.07) is 5.39. The van der Waals surface area contributed by atoms with Gasteiger partial charge in [0.05, 0.1) is 11.9 Å². The molecule has 120 valence electrons. The molecule has 1 atom stereocenters. The first-order valence-corrected chi connectivity index (χ1v) is 8.03. The Kier molecular flexibility index (Phi) is 7.68. The lowest BCUT2D eigenvalue weighted by Crippen LogP contribution is -2.39. The molecule has 0 bridgehead atoms. The molecule has 1 unspecified atom stereocenters. The second kappa shape index (κ2) is 9.00. The van der Waals surface area contributed by atoms with Gasteiger partial charge in [0.25, 0.3) is 0 Å². The van der Waals surface area contributed by atoms with Crippen molar-refractivity contribution in [3.8, 4) is 5.75 Å². The summed E-state index contributed by atoms with van der Waals surface area (Å²) in [6.07, 6.45) is 1.82. The summed E-state index contributed by atoms with van der Waals surface area (Å²) in [5.74, 6) is 0.843. The number of hydrogen-bond donors (Lipinski definition) is 1. The lowest BCUT2D eigenvalue weighted by Gasteiger charge is -2.30. The molecule has 0 aliphatic rings. The average Bonchev–Trinajstić information content (AvgIpc) is 2.43. The summed E-state index contributed by atoms with van der Waals surface area (Å²) < 4.78 is 5.81. The number of hydrogen-bond acceptors (Lipinski definition) is 4. The molecular weight excluding hydrogens is 262 g/mol. The summed E-state index contributed by atoms with van der Waals surface area (Å²) in [7, 11) is 0. The molecule has 1 aromatic heterocycles. The van der Waals surface area contributed by atoms with E-state index < -0.39 is 0 Å². The Morgan fingerprint density at radius 2 is 1.81 bits per heavy atom. The van der Waals surface area contributed by atoms with Crippen LogP contribution in [0.25, 0.3) is 0 Å². The fourth-order valence-corrected chi connectivity index (χ4v) is 2.53. The fourth-order valence-electron chi connectivity index (χ4n) is 2.53. The van der Waals surface area contributed by atoms with E-state index in [9.17, 15) is 0 Å². The standard InChI is InChI=1S/C17H31N3O/c1-7-18-15(6)17-9-8-16(12-19-17)21-11-10-20(13(2)3)14(4)5/h8-9,12-15,18H,7,10-11H2,1-6H3. The van der Waals surface area contributed by atoms with Gasteiger partial charge in [-0.15, -0.1) is 0 Å². The Hall–Kier alpha value is -1.13. The van der Waals surface area contributed by atoms with Crippen LogP contribution in [0.3, 0.4) is 0 Å². The maximum absolute atomic E-state index is 5.81. The van der Waals surface area contributed by atoms with E-state index in [1.165, 1.54) is 0 Å². The number of ether oxygens (including phenoxy) is 1. The van der Waals surface area contributed by atoms with E-state index >= 15 is 0 Å². The van der Waals surface area contributed by atoms with Crippen LogP contribution in [0.4, 0.5) is 0 Å². The van der Waals surface area contributed by atoms with Gasteiger partial charge in [0.15, 0.2) is 0 Å². The van der Waals surface area contributed by atoms with E-state index in [1.807, 2.05) is 18.3 Å². The van der Waals surface area contributed by atoms with Gasteiger partial charge in [-0.25, -0.2) is 0 Å². The van der Waals surface area contributed by atoms with Crippen LogP contribution in [0.2, 0.25) is 0 Å². The van der Waals surface area contributed by atoms with Crippen LogP contribution < -0.4 is 10.1 Å². The first-order chi connectivity index (χ1) is 9.95. The Balaban J connectivity index is 2.46. The summed E-state index contributed by atoms with van der Waals surface area (Å²) in [5, 5.41) is 3.35. The Bertz CT molecular complexity index is 382. The lowest BCUT2D eigenvalue weighted by molar-refractivity contribution is 0.142. The van der Waals surface area contributed by atoms with Crippen molar-refractivity contribution in [2.45, 2.75) is 59.7 Å². The highest BCUT2D eigenvalue weighted by Gasteiger charge is 2.13. The van der Waals surface area contributed by atoms with Crippen LogP contribution in [0.5, 0.6) is 5.75 Å². The summed E-state index contributed by atoms with van der Waals surface area (Å²) in [6.45, 7) is 15.7. The molecular formula is C17H31N3O. The first kappa shape index (κ1) is 17.9. The lowest BCUT2D eigenvalue weighted by atomic mass is 10.2. The third-order valence-corrected chi connectivity index (χ3v) is 3.66. The highest BCUT2D eigenvalue weighted by molar-refractivity contribution is 5.21. The van der Waals surface area contributed by atoms with E-state index in [-0.39, 0.29) is 6.04 Å². The smallest absolute Gasteiger partial charge is 0.137 e. The molecule has 0 aliphatic carbocycles. The Labute approximate surface area is 129 Å². The zero-order valence-electron chi connectivity index (χ0n) is 14.4. The maximum atomic E-state index is 5.81. The van der Waals surface area contributed by atoms with Crippen molar-refractivity contribution in [3.05, 3.63) is 24.0 Å². The van der Waals surface area contributed by atoms with Gasteiger partial charge in [-0.3, -0.25) is 9.88 Å². The average molecular weight is 293 g/mol. The molecule has 0 saturated carbocycles. The van der Waals surface area contributed by atoms with Crippen LogP contribution in [0.15, 0.2) is 18.3 Å². The van der Waals surface area contributed by atoms with Gasteiger partial charge in [-0.1, -0.05) is 6.92 Å². The molecule has 1 N–H and O–H groups in total. The van der Waals surface area contributed by atoms with E-state index in [1.54, 1.807) is 0 Å². The zero-order chi connectivity index (χ0) is 15.8. The molecule has 0 aliphatic heterocycles. The van der Waals surface area contributed by atoms with Crippen molar-refractivity contribution in [1.29, 1.82) is 0 Å². The highest BCUT2D eigenvalue weighted by Crippen LogP contribution is 2.14. The van der Waals surface area contributed by atoms with Gasteiger partial charge in [-0.05, 0) is 53.3 Å². The van der Waals surface area contributed by atoms with Gasteiger partial charge >= 0.3 is 0 Å². The fraction of sp³-hybridized carbons (Fsp3) is 0.706. The predicted molar refractivity (Wildman–Crippen MR) is 88.8 cm³/mol. The van der Waals surface area contributed by atoms with Crippen molar-refractivity contribution in [2.24, 2.45) is 0 Å². The van der Waals surface area contributed by atoms with Crippen LogP contribution in [0.1, 0.15) is 53.3 Å². The summed E-state index contributed by atoms with van der Waals surface area (Å²) >= 11 is 0. The van der Waals surface area contributed by atoms with Crippen LogP contribution in [-0.4, -0.2) is 41.7 Å². The number of nitrogens with one attached hydrogen (secondary N) is 1. The molecule has 1 heterocycles. The van der Waals surface area contributed by atoms with Crippen LogP contribution >= 0.6 is 0 Å². The van der Waals surface area contributed by atoms with Crippen LogP contribution in [0, 0.1) is 0 Å². The number of pyridine rings is 1. The molecule has 1 aromatic rings. The second-order valence-corrected chi connectivity index (χ2v) is 5.97. The van der Waals surface area contributed by atoms with Gasteiger partial charge < -0.3 is 10.1 Å². The van der Waals surface area contributed by atoms with E-state index in [0.717, 1.165) is 24.5 Å². The Morgan fingerprint density at radius 1 is 1.14 bits per heavy atom. The molecule has 0 spiro atoms. The number of aromatic nitrogens is 1. The van der Waals surface area contributed by atoms with Crippen molar-refractivity contribution in [1.82, 2.24) is 15.2 Å². The Morgan fingerprint density at radius 3 is 2.29 bits per heavy atom. The monoisotopic (exact) mass is 293 g/mol. The number of nitrogens with zero attached hydrogens (tertiary/aromatic N) is 2. The zero-order valence-corrected chi connectivity index (χ0v) is 14.4. The first-order valence-electron chi connectivity index (χ1n) is 8.03. The number of rotatable bonds is 9. The van der Waals surface area contributed by atoms with E-state index in [2.05, 4.69) is 56.7 Å². The quantitative estimate of drug-likeness (QED) is 0.758. The normalized spacial score (nSPS) is 13.2. The largest absolute Gasteiger partial charge is 0.491 e. The van der Waals surface area contributed by atoms with Crippen molar-refractivity contribution >= 4 is 0 Å². The molecule has 0 fully saturated rings. The second-order valence-electron chi connectivity index (χ2n) is 5.97. The SMILES string of the molecule is CCNC(C)c1ccc(OCCN(C(C)C)C(C)C)cn1. The summed E-state index contributed by atoms with van der Waals surface area (Å²) in [4.78, 5) is 6.89. The molecule has 0 saturated heterocycles. The highest BCUT2D eigenvalue weighted by atomic mass is 16.5. The third-order valence-electron chi connectivity index (χ3n) is 3.66.